The van der Waals surface area contributed by atoms with Crippen LogP contribution in [0.5, 0.6) is 0 Å². The molecule has 3 N–H and O–H groups in total. The summed E-state index contributed by atoms with van der Waals surface area (Å²) < 4.78 is 15.4. The van der Waals surface area contributed by atoms with Gasteiger partial charge in [-0.25, -0.2) is 4.39 Å². The van der Waals surface area contributed by atoms with E-state index in [-0.39, 0.29) is 5.82 Å². The fourth-order valence-electron chi connectivity index (χ4n) is 3.41. The van der Waals surface area contributed by atoms with Crippen molar-refractivity contribution in [1.82, 2.24) is 30.4 Å². The van der Waals surface area contributed by atoms with Crippen LogP contribution in [0.3, 0.4) is 0 Å². The summed E-state index contributed by atoms with van der Waals surface area (Å²) in [5.74, 6) is 2.51. The number of aliphatic imine (C=N–C) groups is 1. The molecular formula is C18H22FN7. The van der Waals surface area contributed by atoms with Crippen LogP contribution in [0.25, 0.3) is 10.9 Å². The van der Waals surface area contributed by atoms with Crippen LogP contribution in [-0.4, -0.2) is 39.3 Å². The monoisotopic (exact) mass is 355 g/mol. The Bertz CT molecular complexity index is 940. The molecule has 0 spiro atoms. The number of nitrogens with zero attached hydrogens (tertiary/aromatic N) is 4. The number of aryl methyl sites for hydroxylation is 1. The molecule has 4 rings (SSSR count). The number of nitrogens with one attached hydrogen (secondary N) is 3. The second-order valence-electron chi connectivity index (χ2n) is 6.39. The minimum Gasteiger partial charge on any atom is -0.361 e. The van der Waals surface area contributed by atoms with E-state index in [9.17, 15) is 4.39 Å². The molecule has 0 saturated heterocycles. The zero-order chi connectivity index (χ0) is 17.9. The van der Waals surface area contributed by atoms with Gasteiger partial charge in [-0.2, -0.15) is 0 Å². The minimum absolute atomic E-state index is 0.228. The molecule has 0 amide bonds. The first-order valence-corrected chi connectivity index (χ1v) is 8.85. The fourth-order valence-corrected chi connectivity index (χ4v) is 3.41. The molecule has 0 atom stereocenters. The van der Waals surface area contributed by atoms with Gasteiger partial charge in [0.25, 0.3) is 0 Å². The van der Waals surface area contributed by atoms with E-state index in [0.29, 0.717) is 6.54 Å². The van der Waals surface area contributed by atoms with Crippen LogP contribution in [0.15, 0.2) is 29.4 Å². The van der Waals surface area contributed by atoms with Crippen molar-refractivity contribution in [3.8, 4) is 0 Å². The van der Waals surface area contributed by atoms with Gasteiger partial charge in [0.15, 0.2) is 11.8 Å². The second-order valence-corrected chi connectivity index (χ2v) is 6.39. The predicted molar refractivity (Wildman–Crippen MR) is 98.5 cm³/mol. The fraction of sp³-hybridized carbons (Fsp3) is 0.389. The molecule has 0 unspecified atom stereocenters. The van der Waals surface area contributed by atoms with Gasteiger partial charge in [-0.05, 0) is 36.6 Å². The molecule has 0 fully saturated rings. The van der Waals surface area contributed by atoms with Gasteiger partial charge in [-0.15, -0.1) is 10.2 Å². The zero-order valence-corrected chi connectivity index (χ0v) is 14.7. The Morgan fingerprint density at radius 3 is 3.15 bits per heavy atom. The highest BCUT2D eigenvalue weighted by atomic mass is 19.1. The summed E-state index contributed by atoms with van der Waals surface area (Å²) in [6.45, 7) is 2.31. The van der Waals surface area contributed by atoms with E-state index in [1.54, 1.807) is 7.05 Å². The van der Waals surface area contributed by atoms with Crippen molar-refractivity contribution in [1.29, 1.82) is 0 Å². The van der Waals surface area contributed by atoms with Gasteiger partial charge in [-0.1, -0.05) is 0 Å². The second kappa shape index (κ2) is 7.15. The zero-order valence-electron chi connectivity index (χ0n) is 14.7. The standard InChI is InChI=1S/C18H22FN7/c1-20-18(23-11-17-25-24-16-3-2-8-26(16)17)21-7-6-12-10-22-15-9-13(19)4-5-14(12)15/h4-5,9-10,22H,2-3,6-8,11H2,1H3,(H2,20,21,23). The smallest absolute Gasteiger partial charge is 0.191 e. The Kier molecular flexibility index (Phi) is 4.55. The van der Waals surface area contributed by atoms with Crippen molar-refractivity contribution in [2.45, 2.75) is 32.4 Å². The van der Waals surface area contributed by atoms with Crippen LogP contribution < -0.4 is 10.6 Å². The van der Waals surface area contributed by atoms with Gasteiger partial charge in [-0.3, -0.25) is 4.99 Å². The molecule has 2 aromatic heterocycles. The molecule has 1 aliphatic rings. The van der Waals surface area contributed by atoms with Crippen LogP contribution in [0, 0.1) is 5.82 Å². The van der Waals surface area contributed by atoms with Crippen LogP contribution in [0.1, 0.15) is 23.6 Å². The molecule has 1 aromatic carbocycles. The number of halogens is 1. The number of H-pyrrole nitrogens is 1. The third kappa shape index (κ3) is 3.26. The molecule has 8 heteroatoms. The van der Waals surface area contributed by atoms with E-state index >= 15 is 0 Å². The number of benzene rings is 1. The van der Waals surface area contributed by atoms with Crippen molar-refractivity contribution >= 4 is 16.9 Å². The van der Waals surface area contributed by atoms with E-state index < -0.39 is 0 Å². The lowest BCUT2D eigenvalue weighted by atomic mass is 10.1. The summed E-state index contributed by atoms with van der Waals surface area (Å²) in [5, 5.41) is 16.1. The highest BCUT2D eigenvalue weighted by Crippen LogP contribution is 2.19. The largest absolute Gasteiger partial charge is 0.361 e. The first-order chi connectivity index (χ1) is 12.7. The Morgan fingerprint density at radius 1 is 1.35 bits per heavy atom. The maximum atomic E-state index is 13.3. The van der Waals surface area contributed by atoms with Crippen molar-refractivity contribution in [2.75, 3.05) is 13.6 Å². The highest BCUT2D eigenvalue weighted by Gasteiger charge is 2.17. The molecule has 0 aliphatic carbocycles. The number of hydrogen-bond donors (Lipinski definition) is 3. The number of hydrogen-bond acceptors (Lipinski definition) is 3. The molecule has 0 saturated carbocycles. The van der Waals surface area contributed by atoms with Crippen LogP contribution >= 0.6 is 0 Å². The van der Waals surface area contributed by atoms with Gasteiger partial charge in [0.05, 0.1) is 6.54 Å². The molecule has 0 radical (unpaired) electrons. The molecule has 26 heavy (non-hydrogen) atoms. The van der Waals surface area contributed by atoms with E-state index in [1.165, 1.54) is 12.1 Å². The molecule has 3 aromatic rings. The summed E-state index contributed by atoms with van der Waals surface area (Å²) in [4.78, 5) is 7.37. The predicted octanol–water partition coefficient (Wildman–Crippen LogP) is 1.75. The number of rotatable bonds is 5. The average molecular weight is 355 g/mol. The normalized spacial score (nSPS) is 14.0. The topological polar surface area (TPSA) is 82.9 Å². The summed E-state index contributed by atoms with van der Waals surface area (Å²) in [6, 6.07) is 4.82. The third-order valence-corrected chi connectivity index (χ3v) is 4.74. The minimum atomic E-state index is -0.228. The van der Waals surface area contributed by atoms with Crippen LogP contribution in [-0.2, 0) is 25.9 Å². The van der Waals surface area contributed by atoms with E-state index in [2.05, 4.69) is 35.4 Å². The lowest BCUT2D eigenvalue weighted by molar-refractivity contribution is 0.629. The Hall–Kier alpha value is -2.90. The molecule has 7 nitrogen and oxygen atoms in total. The number of guanidine groups is 1. The molecule has 136 valence electrons. The first kappa shape index (κ1) is 16.6. The van der Waals surface area contributed by atoms with E-state index in [0.717, 1.165) is 66.4 Å². The summed E-state index contributed by atoms with van der Waals surface area (Å²) in [6.07, 6.45) is 4.89. The van der Waals surface area contributed by atoms with Crippen molar-refractivity contribution in [2.24, 2.45) is 4.99 Å². The van der Waals surface area contributed by atoms with Crippen molar-refractivity contribution in [3.63, 3.8) is 0 Å². The Morgan fingerprint density at radius 2 is 2.27 bits per heavy atom. The Labute approximate surface area is 150 Å². The number of fused-ring (bicyclic) bond motifs is 2. The summed E-state index contributed by atoms with van der Waals surface area (Å²) in [5.41, 5.74) is 1.97. The number of aromatic nitrogens is 4. The maximum absolute atomic E-state index is 13.3. The first-order valence-electron chi connectivity index (χ1n) is 8.85. The summed E-state index contributed by atoms with van der Waals surface area (Å²) >= 11 is 0. The van der Waals surface area contributed by atoms with E-state index in [4.69, 9.17) is 0 Å². The maximum Gasteiger partial charge on any atom is 0.191 e. The van der Waals surface area contributed by atoms with Crippen molar-refractivity contribution < 1.29 is 4.39 Å². The molecule has 3 heterocycles. The quantitative estimate of drug-likeness (QED) is 0.481. The van der Waals surface area contributed by atoms with Gasteiger partial charge >= 0.3 is 0 Å². The average Bonchev–Trinajstić information content (AvgIpc) is 3.34. The summed E-state index contributed by atoms with van der Waals surface area (Å²) in [7, 11) is 1.75. The SMILES string of the molecule is CN=C(NCCc1c[nH]c2cc(F)ccc12)NCc1nnc2n1CCC2. The van der Waals surface area contributed by atoms with Gasteiger partial charge in [0.1, 0.15) is 11.6 Å². The molecule has 0 bridgehead atoms. The van der Waals surface area contributed by atoms with Crippen LogP contribution in [0.4, 0.5) is 4.39 Å². The lowest BCUT2D eigenvalue weighted by Gasteiger charge is -2.11. The van der Waals surface area contributed by atoms with Gasteiger partial charge in [0, 0.05) is 43.7 Å². The molecular weight excluding hydrogens is 333 g/mol. The van der Waals surface area contributed by atoms with Crippen LogP contribution in [0.2, 0.25) is 0 Å². The van der Waals surface area contributed by atoms with E-state index in [1.807, 2.05) is 12.3 Å². The van der Waals surface area contributed by atoms with Gasteiger partial charge < -0.3 is 20.2 Å². The third-order valence-electron chi connectivity index (χ3n) is 4.74. The van der Waals surface area contributed by atoms with Crippen molar-refractivity contribution in [3.05, 3.63) is 47.4 Å². The Balaban J connectivity index is 1.31. The number of aromatic amines is 1. The molecule has 1 aliphatic heterocycles. The highest BCUT2D eigenvalue weighted by molar-refractivity contribution is 5.83. The van der Waals surface area contributed by atoms with Gasteiger partial charge in [0.2, 0.25) is 0 Å². The lowest BCUT2D eigenvalue weighted by Crippen LogP contribution is -2.38.